The van der Waals surface area contributed by atoms with Crippen molar-refractivity contribution in [1.82, 2.24) is 0 Å². The maximum atomic E-state index is 12.5. The molecule has 1 saturated carbocycles. The Labute approximate surface area is 177 Å². The van der Waals surface area contributed by atoms with Crippen LogP contribution in [-0.4, -0.2) is 41.3 Å². The van der Waals surface area contributed by atoms with Crippen molar-refractivity contribution in [3.63, 3.8) is 0 Å². The van der Waals surface area contributed by atoms with Gasteiger partial charge in [-0.1, -0.05) is 17.8 Å². The highest BCUT2D eigenvalue weighted by Gasteiger charge is 2.39. The van der Waals surface area contributed by atoms with E-state index in [2.05, 4.69) is 11.4 Å². The molecular formula is C21H21N3O3S2. The molecule has 0 unspecified atom stereocenters. The monoisotopic (exact) mass is 427 g/mol. The van der Waals surface area contributed by atoms with E-state index in [1.807, 2.05) is 23.6 Å². The zero-order valence-corrected chi connectivity index (χ0v) is 17.5. The third-order valence-electron chi connectivity index (χ3n) is 5.16. The summed E-state index contributed by atoms with van der Waals surface area (Å²) in [4.78, 5) is 23.6. The van der Waals surface area contributed by atoms with Gasteiger partial charge in [0.2, 0.25) is 5.91 Å². The molecule has 2 aromatic rings. The van der Waals surface area contributed by atoms with Crippen LogP contribution in [-0.2, 0) is 4.79 Å². The van der Waals surface area contributed by atoms with E-state index in [1.54, 1.807) is 17.4 Å². The molecular weight excluding hydrogens is 406 g/mol. The fourth-order valence-electron chi connectivity index (χ4n) is 3.81. The summed E-state index contributed by atoms with van der Waals surface area (Å²) < 4.78 is 11.1. The lowest BCUT2D eigenvalue weighted by atomic mass is 10.1. The molecule has 1 spiro atoms. The van der Waals surface area contributed by atoms with Crippen molar-refractivity contribution < 1.29 is 14.3 Å². The molecule has 1 fully saturated rings. The van der Waals surface area contributed by atoms with Crippen LogP contribution < -0.4 is 14.8 Å². The first-order valence-corrected chi connectivity index (χ1v) is 11.6. The predicted molar refractivity (Wildman–Crippen MR) is 118 cm³/mol. The Morgan fingerprint density at radius 3 is 2.76 bits per heavy atom. The van der Waals surface area contributed by atoms with Crippen molar-refractivity contribution >= 4 is 45.4 Å². The van der Waals surface area contributed by atoms with Crippen molar-refractivity contribution in [1.29, 1.82) is 0 Å². The minimum atomic E-state index is -0.298. The summed E-state index contributed by atoms with van der Waals surface area (Å²) >= 11 is 3.13. The van der Waals surface area contributed by atoms with Gasteiger partial charge in [-0.3, -0.25) is 9.79 Å². The number of thiophene rings is 1. The minimum absolute atomic E-state index is 0.0766. The Balaban J connectivity index is 1.26. The highest BCUT2D eigenvalue weighted by Crippen LogP contribution is 2.40. The average molecular weight is 428 g/mol. The van der Waals surface area contributed by atoms with Crippen LogP contribution >= 0.6 is 23.1 Å². The Kier molecular flexibility index (Phi) is 5.05. The third-order valence-corrected chi connectivity index (χ3v) is 7.00. The average Bonchev–Trinajstić information content (AvgIpc) is 3.48. The summed E-state index contributed by atoms with van der Waals surface area (Å²) in [5.74, 6) is 1.58. The van der Waals surface area contributed by atoms with Gasteiger partial charge >= 0.3 is 0 Å². The standard InChI is InChI=1S/C21H21N3O3S2/c25-18(22-14-5-6-15-16(12-14)27-10-9-26-15)13-29-20-19(17-4-3-11-28-17)23-21(24-20)7-1-2-8-21/h3-6,11-12H,1-2,7-10,13H2,(H,22,25). The number of aliphatic imine (C=N–C) groups is 2. The van der Waals surface area contributed by atoms with Crippen LogP contribution in [0.2, 0.25) is 0 Å². The third kappa shape index (κ3) is 3.91. The molecule has 1 N–H and O–H groups in total. The van der Waals surface area contributed by atoms with Crippen LogP contribution in [0.1, 0.15) is 30.6 Å². The fraction of sp³-hybridized carbons (Fsp3) is 0.381. The molecule has 3 heterocycles. The fourth-order valence-corrected chi connectivity index (χ4v) is 5.46. The number of ether oxygens (including phenoxy) is 2. The van der Waals surface area contributed by atoms with E-state index in [1.165, 1.54) is 11.8 Å². The summed E-state index contributed by atoms with van der Waals surface area (Å²) in [6.45, 7) is 1.07. The van der Waals surface area contributed by atoms with Gasteiger partial charge in [0.05, 0.1) is 10.6 Å². The largest absolute Gasteiger partial charge is 0.486 e. The lowest BCUT2D eigenvalue weighted by Crippen LogP contribution is -2.18. The summed E-state index contributed by atoms with van der Waals surface area (Å²) in [6, 6.07) is 9.55. The van der Waals surface area contributed by atoms with Gasteiger partial charge in [-0.15, -0.1) is 11.3 Å². The number of anilines is 1. The summed E-state index contributed by atoms with van der Waals surface area (Å²) in [5.41, 5.74) is 1.35. The Morgan fingerprint density at radius 2 is 1.97 bits per heavy atom. The zero-order chi connectivity index (χ0) is 19.7. The molecule has 0 radical (unpaired) electrons. The van der Waals surface area contributed by atoms with Crippen molar-refractivity contribution in [2.45, 2.75) is 31.3 Å². The van der Waals surface area contributed by atoms with Gasteiger partial charge in [-0.25, -0.2) is 4.99 Å². The molecule has 0 saturated heterocycles. The molecule has 0 bridgehead atoms. The highest BCUT2D eigenvalue weighted by atomic mass is 32.2. The number of hydrogen-bond donors (Lipinski definition) is 1. The minimum Gasteiger partial charge on any atom is -0.486 e. The van der Waals surface area contributed by atoms with Crippen LogP contribution in [0.3, 0.4) is 0 Å². The molecule has 6 nitrogen and oxygen atoms in total. The van der Waals surface area contributed by atoms with Crippen molar-refractivity contribution in [3.8, 4) is 11.5 Å². The molecule has 1 amide bonds. The quantitative estimate of drug-likeness (QED) is 0.787. The lowest BCUT2D eigenvalue weighted by molar-refractivity contribution is -0.113. The van der Waals surface area contributed by atoms with Gasteiger partial charge < -0.3 is 14.8 Å². The maximum absolute atomic E-state index is 12.5. The van der Waals surface area contributed by atoms with Crippen LogP contribution in [0, 0.1) is 0 Å². The van der Waals surface area contributed by atoms with Crippen LogP contribution in [0.5, 0.6) is 11.5 Å². The molecule has 1 aromatic heterocycles. The second kappa shape index (κ2) is 7.84. The van der Waals surface area contributed by atoms with Gasteiger partial charge in [0.1, 0.15) is 24.0 Å². The molecule has 2 aliphatic heterocycles. The van der Waals surface area contributed by atoms with E-state index in [4.69, 9.17) is 19.5 Å². The molecule has 150 valence electrons. The Hall–Kier alpha value is -2.32. The number of benzene rings is 1. The van der Waals surface area contributed by atoms with Gasteiger partial charge in [0.15, 0.2) is 17.2 Å². The zero-order valence-electron chi connectivity index (χ0n) is 15.8. The van der Waals surface area contributed by atoms with E-state index in [0.717, 1.165) is 41.3 Å². The van der Waals surface area contributed by atoms with Crippen molar-refractivity contribution in [3.05, 3.63) is 40.6 Å². The Bertz CT molecular complexity index is 979. The number of carbonyl (C=O) groups is 1. The second-order valence-corrected chi connectivity index (χ2v) is 9.15. The van der Waals surface area contributed by atoms with Crippen molar-refractivity contribution in [2.75, 3.05) is 24.3 Å². The van der Waals surface area contributed by atoms with Crippen LogP contribution in [0.25, 0.3) is 0 Å². The second-order valence-electron chi connectivity index (χ2n) is 7.24. The number of hydrogen-bond acceptors (Lipinski definition) is 7. The topological polar surface area (TPSA) is 72.3 Å². The van der Waals surface area contributed by atoms with Gasteiger partial charge in [0, 0.05) is 11.8 Å². The number of nitrogens with zero attached hydrogens (tertiary/aromatic N) is 2. The van der Waals surface area contributed by atoms with E-state index in [0.29, 0.717) is 30.4 Å². The van der Waals surface area contributed by atoms with Crippen molar-refractivity contribution in [2.24, 2.45) is 9.98 Å². The van der Waals surface area contributed by atoms with Gasteiger partial charge in [0.25, 0.3) is 0 Å². The van der Waals surface area contributed by atoms with Crippen LogP contribution in [0.4, 0.5) is 5.69 Å². The number of thioether (sulfide) groups is 1. The molecule has 1 aliphatic carbocycles. The molecule has 0 atom stereocenters. The maximum Gasteiger partial charge on any atom is 0.234 e. The van der Waals surface area contributed by atoms with E-state index < -0.39 is 0 Å². The molecule has 5 rings (SSSR count). The summed E-state index contributed by atoms with van der Waals surface area (Å²) in [7, 11) is 0. The predicted octanol–water partition coefficient (Wildman–Crippen LogP) is 4.36. The highest BCUT2D eigenvalue weighted by molar-refractivity contribution is 8.16. The molecule has 3 aliphatic rings. The summed E-state index contributed by atoms with van der Waals surface area (Å²) in [6.07, 6.45) is 4.31. The first-order chi connectivity index (χ1) is 14.2. The van der Waals surface area contributed by atoms with Gasteiger partial charge in [-0.05, 0) is 49.3 Å². The van der Waals surface area contributed by atoms with E-state index in [-0.39, 0.29) is 17.3 Å². The van der Waals surface area contributed by atoms with E-state index in [9.17, 15) is 4.79 Å². The molecule has 29 heavy (non-hydrogen) atoms. The summed E-state index contributed by atoms with van der Waals surface area (Å²) in [5, 5.41) is 5.87. The number of amides is 1. The Morgan fingerprint density at radius 1 is 1.14 bits per heavy atom. The smallest absolute Gasteiger partial charge is 0.234 e. The van der Waals surface area contributed by atoms with E-state index >= 15 is 0 Å². The first-order valence-electron chi connectivity index (χ1n) is 9.77. The van der Waals surface area contributed by atoms with Gasteiger partial charge in [-0.2, -0.15) is 0 Å². The number of nitrogens with one attached hydrogen (secondary N) is 1. The molecule has 1 aromatic carbocycles. The number of fused-ring (bicyclic) bond motifs is 1. The first kappa shape index (κ1) is 18.7. The molecule has 8 heteroatoms. The SMILES string of the molecule is O=C(CSC1=NC2(CCCC2)N=C1c1cccs1)Nc1ccc2c(c1)OCCO2. The normalized spacial score (nSPS) is 19.2. The lowest BCUT2D eigenvalue weighted by Gasteiger charge is -2.19. The van der Waals surface area contributed by atoms with Crippen LogP contribution in [0.15, 0.2) is 45.7 Å². The number of rotatable bonds is 4. The number of carbonyl (C=O) groups excluding carboxylic acids is 1.